The minimum absolute atomic E-state index is 0.111. The zero-order chi connectivity index (χ0) is 14.0. The minimum atomic E-state index is -0.424. The highest BCUT2D eigenvalue weighted by molar-refractivity contribution is 5.30. The summed E-state index contributed by atoms with van der Waals surface area (Å²) in [5, 5.41) is 10.4. The third kappa shape index (κ3) is 4.03. The van der Waals surface area contributed by atoms with E-state index in [1.165, 1.54) is 11.1 Å². The summed E-state index contributed by atoms with van der Waals surface area (Å²) in [6, 6.07) is 6.28. The van der Waals surface area contributed by atoms with E-state index in [4.69, 9.17) is 4.74 Å². The Labute approximate surface area is 116 Å². The first-order valence-corrected chi connectivity index (χ1v) is 6.98. The molecule has 3 nitrogen and oxygen atoms in total. The number of hydrogen-bond acceptors (Lipinski definition) is 3. The van der Waals surface area contributed by atoms with Crippen molar-refractivity contribution in [2.24, 2.45) is 0 Å². The topological polar surface area (TPSA) is 32.7 Å². The first-order valence-electron chi connectivity index (χ1n) is 6.98. The summed E-state index contributed by atoms with van der Waals surface area (Å²) < 4.78 is 5.70. The van der Waals surface area contributed by atoms with Crippen LogP contribution in [0.4, 0.5) is 0 Å². The summed E-state index contributed by atoms with van der Waals surface area (Å²) >= 11 is 0. The van der Waals surface area contributed by atoms with Crippen LogP contribution in [-0.2, 0) is 4.74 Å². The third-order valence-corrected chi connectivity index (χ3v) is 3.56. The molecule has 0 amide bonds. The molecule has 1 fully saturated rings. The molecule has 1 atom stereocenters. The van der Waals surface area contributed by atoms with Gasteiger partial charge in [-0.05, 0) is 33.3 Å². The first kappa shape index (κ1) is 14.5. The average molecular weight is 263 g/mol. The second kappa shape index (κ2) is 5.61. The van der Waals surface area contributed by atoms with Crippen molar-refractivity contribution in [3.05, 3.63) is 34.9 Å². The lowest BCUT2D eigenvalue weighted by Crippen LogP contribution is -2.49. The van der Waals surface area contributed by atoms with Crippen LogP contribution in [0.1, 0.15) is 36.6 Å². The summed E-state index contributed by atoms with van der Waals surface area (Å²) in [4.78, 5) is 2.28. The average Bonchev–Trinajstić information content (AvgIpc) is 2.26. The molecule has 1 heterocycles. The van der Waals surface area contributed by atoms with Crippen LogP contribution < -0.4 is 0 Å². The molecule has 106 valence electrons. The minimum Gasteiger partial charge on any atom is -0.387 e. The van der Waals surface area contributed by atoms with Crippen LogP contribution in [0.5, 0.6) is 0 Å². The molecule has 0 aliphatic carbocycles. The Morgan fingerprint density at radius 2 is 1.89 bits per heavy atom. The predicted molar refractivity (Wildman–Crippen MR) is 77.3 cm³/mol. The van der Waals surface area contributed by atoms with Crippen molar-refractivity contribution in [1.29, 1.82) is 0 Å². The smallest absolute Gasteiger partial charge is 0.0917 e. The number of aliphatic hydroxyl groups excluding tert-OH is 1. The Hall–Kier alpha value is -0.900. The number of benzene rings is 1. The van der Waals surface area contributed by atoms with E-state index < -0.39 is 6.10 Å². The maximum Gasteiger partial charge on any atom is 0.0917 e. The van der Waals surface area contributed by atoms with Crippen molar-refractivity contribution in [2.75, 3.05) is 26.2 Å². The highest BCUT2D eigenvalue weighted by atomic mass is 16.5. The van der Waals surface area contributed by atoms with Gasteiger partial charge in [-0.15, -0.1) is 0 Å². The number of β-amino-alcohol motifs (C(OH)–C–C–N with tert-alkyl or cyclic N) is 1. The highest BCUT2D eigenvalue weighted by Gasteiger charge is 2.28. The standard InChI is InChI=1S/C16H25NO2/c1-12-7-13(2)9-14(8-12)15(18)10-17-5-6-19-16(3,4)11-17/h7-9,15,18H,5-6,10-11H2,1-4H3. The van der Waals surface area contributed by atoms with Crippen molar-refractivity contribution in [3.8, 4) is 0 Å². The molecule has 0 bridgehead atoms. The molecule has 1 saturated heterocycles. The number of nitrogens with zero attached hydrogens (tertiary/aromatic N) is 1. The van der Waals surface area contributed by atoms with Gasteiger partial charge >= 0.3 is 0 Å². The van der Waals surface area contributed by atoms with Gasteiger partial charge in [-0.25, -0.2) is 0 Å². The normalized spacial score (nSPS) is 21.3. The molecule has 2 rings (SSSR count). The van der Waals surface area contributed by atoms with Crippen LogP contribution in [0.15, 0.2) is 18.2 Å². The fraction of sp³-hybridized carbons (Fsp3) is 0.625. The Morgan fingerprint density at radius 1 is 1.26 bits per heavy atom. The Balaban J connectivity index is 2.02. The Morgan fingerprint density at radius 3 is 2.47 bits per heavy atom. The molecule has 0 aromatic heterocycles. The van der Waals surface area contributed by atoms with Gasteiger partial charge in [-0.2, -0.15) is 0 Å². The zero-order valence-corrected chi connectivity index (χ0v) is 12.4. The summed E-state index contributed by atoms with van der Waals surface area (Å²) in [5.74, 6) is 0. The first-order chi connectivity index (χ1) is 8.85. The molecule has 0 saturated carbocycles. The third-order valence-electron chi connectivity index (χ3n) is 3.56. The molecule has 3 heteroatoms. The number of morpholine rings is 1. The number of aliphatic hydroxyl groups is 1. The fourth-order valence-corrected chi connectivity index (χ4v) is 2.82. The van der Waals surface area contributed by atoms with Gasteiger partial charge in [0.2, 0.25) is 0 Å². The van der Waals surface area contributed by atoms with Gasteiger partial charge in [0.25, 0.3) is 0 Å². The van der Waals surface area contributed by atoms with Crippen LogP contribution in [0.25, 0.3) is 0 Å². The lowest BCUT2D eigenvalue weighted by atomic mass is 10.0. The van der Waals surface area contributed by atoms with Crippen molar-refractivity contribution >= 4 is 0 Å². The van der Waals surface area contributed by atoms with E-state index in [2.05, 4.69) is 50.8 Å². The SMILES string of the molecule is Cc1cc(C)cc(C(O)CN2CCOC(C)(C)C2)c1. The highest BCUT2D eigenvalue weighted by Crippen LogP contribution is 2.21. The Kier molecular flexibility index (Phi) is 4.29. The molecule has 0 radical (unpaired) electrons. The van der Waals surface area contributed by atoms with Crippen LogP contribution in [0.2, 0.25) is 0 Å². The van der Waals surface area contributed by atoms with Gasteiger partial charge in [0.1, 0.15) is 0 Å². The number of ether oxygens (including phenoxy) is 1. The molecule has 1 aromatic rings. The molecular formula is C16H25NO2. The molecule has 1 N–H and O–H groups in total. The van der Waals surface area contributed by atoms with Gasteiger partial charge in [0, 0.05) is 19.6 Å². The number of rotatable bonds is 3. The zero-order valence-electron chi connectivity index (χ0n) is 12.4. The number of hydrogen-bond donors (Lipinski definition) is 1. The second-order valence-electron chi connectivity index (χ2n) is 6.28. The number of aryl methyl sites for hydroxylation is 2. The van der Waals surface area contributed by atoms with E-state index in [1.54, 1.807) is 0 Å². The predicted octanol–water partition coefficient (Wildman–Crippen LogP) is 2.45. The van der Waals surface area contributed by atoms with Crippen molar-refractivity contribution in [1.82, 2.24) is 4.90 Å². The van der Waals surface area contributed by atoms with E-state index in [0.717, 1.165) is 25.3 Å². The maximum atomic E-state index is 10.4. The van der Waals surface area contributed by atoms with Gasteiger partial charge in [-0.1, -0.05) is 29.3 Å². The molecule has 1 aliphatic rings. The van der Waals surface area contributed by atoms with E-state index in [1.807, 2.05) is 0 Å². The summed E-state index contributed by atoms with van der Waals surface area (Å²) in [7, 11) is 0. The van der Waals surface area contributed by atoms with Crippen molar-refractivity contribution in [3.63, 3.8) is 0 Å². The monoisotopic (exact) mass is 263 g/mol. The molecule has 1 aliphatic heterocycles. The lowest BCUT2D eigenvalue weighted by molar-refractivity contribution is -0.0932. The van der Waals surface area contributed by atoms with Crippen molar-refractivity contribution in [2.45, 2.75) is 39.4 Å². The van der Waals surface area contributed by atoms with E-state index in [9.17, 15) is 5.11 Å². The van der Waals surface area contributed by atoms with Crippen LogP contribution in [-0.4, -0.2) is 41.8 Å². The molecule has 1 aromatic carbocycles. The molecular weight excluding hydrogens is 238 g/mol. The summed E-state index contributed by atoms with van der Waals surface area (Å²) in [6.45, 7) is 11.5. The summed E-state index contributed by atoms with van der Waals surface area (Å²) in [5.41, 5.74) is 3.31. The van der Waals surface area contributed by atoms with E-state index >= 15 is 0 Å². The van der Waals surface area contributed by atoms with Crippen LogP contribution >= 0.6 is 0 Å². The summed E-state index contributed by atoms with van der Waals surface area (Å²) in [6.07, 6.45) is -0.424. The van der Waals surface area contributed by atoms with Crippen molar-refractivity contribution < 1.29 is 9.84 Å². The second-order valence-corrected chi connectivity index (χ2v) is 6.28. The van der Waals surface area contributed by atoms with Gasteiger partial charge in [0.15, 0.2) is 0 Å². The van der Waals surface area contributed by atoms with Gasteiger partial charge < -0.3 is 9.84 Å². The van der Waals surface area contributed by atoms with E-state index in [-0.39, 0.29) is 5.60 Å². The fourth-order valence-electron chi connectivity index (χ4n) is 2.82. The van der Waals surface area contributed by atoms with Gasteiger partial charge in [0.05, 0.1) is 18.3 Å². The van der Waals surface area contributed by atoms with E-state index in [0.29, 0.717) is 6.54 Å². The van der Waals surface area contributed by atoms with Crippen LogP contribution in [0, 0.1) is 13.8 Å². The quantitative estimate of drug-likeness (QED) is 0.909. The largest absolute Gasteiger partial charge is 0.387 e. The molecule has 1 unspecified atom stereocenters. The van der Waals surface area contributed by atoms with Gasteiger partial charge in [-0.3, -0.25) is 4.90 Å². The molecule has 19 heavy (non-hydrogen) atoms. The lowest BCUT2D eigenvalue weighted by Gasteiger charge is -2.39. The Bertz CT molecular complexity index is 422. The van der Waals surface area contributed by atoms with Crippen LogP contribution in [0.3, 0.4) is 0 Å². The maximum absolute atomic E-state index is 10.4. The molecule has 0 spiro atoms.